The zero-order valence-electron chi connectivity index (χ0n) is 18.6. The lowest BCUT2D eigenvalue weighted by molar-refractivity contribution is -0.119. The number of benzene rings is 1. The van der Waals surface area contributed by atoms with Crippen LogP contribution in [0.4, 0.5) is 10.7 Å². The van der Waals surface area contributed by atoms with E-state index < -0.39 is 6.09 Å². The Morgan fingerprint density at radius 1 is 1.06 bits per heavy atom. The number of ether oxygens (including phenoxy) is 1. The van der Waals surface area contributed by atoms with E-state index in [1.807, 2.05) is 24.3 Å². The minimum atomic E-state index is -0.482. The van der Waals surface area contributed by atoms with Crippen molar-refractivity contribution in [3.8, 4) is 11.3 Å². The second-order valence-corrected chi connectivity index (χ2v) is 8.03. The van der Waals surface area contributed by atoms with Gasteiger partial charge in [0.2, 0.25) is 17.8 Å². The van der Waals surface area contributed by atoms with Crippen molar-refractivity contribution in [2.75, 3.05) is 29.6 Å². The number of hydrogen-bond acceptors (Lipinski definition) is 5. The molecule has 0 radical (unpaired) electrons. The molecule has 3 heterocycles. The quantitative estimate of drug-likeness (QED) is 0.684. The highest BCUT2D eigenvalue weighted by Crippen LogP contribution is 2.37. The molecule has 1 aromatic carbocycles. The molecule has 2 aliphatic rings. The molecule has 0 saturated heterocycles. The molecule has 3 amide bonds. The molecular weight excluding hydrogens is 446 g/mol. The van der Waals surface area contributed by atoms with Gasteiger partial charge in [-0.05, 0) is 19.1 Å². The van der Waals surface area contributed by atoms with Crippen molar-refractivity contribution >= 4 is 35.5 Å². The van der Waals surface area contributed by atoms with Crippen molar-refractivity contribution < 1.29 is 19.1 Å². The van der Waals surface area contributed by atoms with E-state index >= 15 is 0 Å². The predicted octanol–water partition coefficient (Wildman–Crippen LogP) is 3.64. The first-order chi connectivity index (χ1) is 15.8. The Hall–Kier alpha value is -3.59. The Morgan fingerprint density at radius 3 is 2.30 bits per heavy atom. The molecule has 172 valence electrons. The molecule has 0 N–H and O–H groups in total. The van der Waals surface area contributed by atoms with Crippen molar-refractivity contribution in [3.05, 3.63) is 59.5 Å². The van der Waals surface area contributed by atoms with Crippen molar-refractivity contribution in [2.45, 2.75) is 26.7 Å². The van der Waals surface area contributed by atoms with Crippen LogP contribution >= 0.6 is 11.6 Å². The fourth-order valence-electron chi connectivity index (χ4n) is 3.92. The maximum absolute atomic E-state index is 12.5. The number of imidazole rings is 1. The summed E-state index contributed by atoms with van der Waals surface area (Å²) in [6, 6.07) is 7.22. The molecule has 0 fully saturated rings. The predicted molar refractivity (Wildman–Crippen MR) is 124 cm³/mol. The molecule has 2 aliphatic heterocycles. The van der Waals surface area contributed by atoms with Crippen molar-refractivity contribution in [2.24, 2.45) is 0 Å². The lowest BCUT2D eigenvalue weighted by Crippen LogP contribution is -2.52. The van der Waals surface area contributed by atoms with Crippen molar-refractivity contribution in [3.63, 3.8) is 0 Å². The highest BCUT2D eigenvalue weighted by atomic mass is 35.5. The average molecular weight is 470 g/mol. The lowest BCUT2D eigenvalue weighted by Gasteiger charge is -2.36. The largest absolute Gasteiger partial charge is 0.449 e. The third-order valence-electron chi connectivity index (χ3n) is 5.45. The molecule has 0 spiro atoms. The standard InChI is InChI=1S/C23H24ClN5O4/c1-4-33-23(32)26-11-9-18(10-12-26)21-20(17-5-7-19(24)8-6-17)25-22-27(15(2)30)13-14-28(16(3)31)29(21)22/h5-12,18H,4,13-14H2,1-3H3. The number of carbonyl (C=O) groups excluding carboxylic acids is 3. The fourth-order valence-corrected chi connectivity index (χ4v) is 4.05. The Balaban J connectivity index is 1.87. The summed E-state index contributed by atoms with van der Waals surface area (Å²) in [6.07, 6.45) is 6.41. The van der Waals surface area contributed by atoms with Crippen LogP contribution < -0.4 is 9.91 Å². The van der Waals surface area contributed by atoms with Crippen LogP contribution in [0.15, 0.2) is 48.8 Å². The van der Waals surface area contributed by atoms with E-state index in [2.05, 4.69) is 0 Å². The number of amides is 3. The molecule has 9 nitrogen and oxygen atoms in total. The fraction of sp³-hybridized carbons (Fsp3) is 0.304. The topological polar surface area (TPSA) is 88.0 Å². The molecule has 1 aromatic heterocycles. The summed E-state index contributed by atoms with van der Waals surface area (Å²) in [4.78, 5) is 44.7. The number of carbonyl (C=O) groups is 3. The smallest absolute Gasteiger partial charge is 0.417 e. The van der Waals surface area contributed by atoms with Gasteiger partial charge in [-0.2, -0.15) is 0 Å². The van der Waals surface area contributed by atoms with Gasteiger partial charge in [-0.15, -0.1) is 0 Å². The van der Waals surface area contributed by atoms with E-state index in [1.54, 1.807) is 46.0 Å². The average Bonchev–Trinajstić information content (AvgIpc) is 3.19. The summed E-state index contributed by atoms with van der Waals surface area (Å²) in [5.41, 5.74) is 2.10. The van der Waals surface area contributed by atoms with E-state index in [4.69, 9.17) is 21.3 Å². The number of nitrogens with zero attached hydrogens (tertiary/aromatic N) is 5. The summed E-state index contributed by atoms with van der Waals surface area (Å²) in [5, 5.41) is 2.16. The van der Waals surface area contributed by atoms with Gasteiger partial charge in [-0.1, -0.05) is 35.9 Å². The Labute approximate surface area is 196 Å². The molecule has 0 aliphatic carbocycles. The van der Waals surface area contributed by atoms with Gasteiger partial charge in [0.1, 0.15) is 0 Å². The van der Waals surface area contributed by atoms with Crippen LogP contribution in [0.5, 0.6) is 0 Å². The van der Waals surface area contributed by atoms with Gasteiger partial charge >= 0.3 is 6.09 Å². The van der Waals surface area contributed by atoms with Crippen LogP contribution in [0.2, 0.25) is 5.02 Å². The van der Waals surface area contributed by atoms with Gasteiger partial charge in [-0.3, -0.25) is 19.4 Å². The van der Waals surface area contributed by atoms with Crippen molar-refractivity contribution in [1.82, 2.24) is 14.6 Å². The van der Waals surface area contributed by atoms with E-state index in [0.717, 1.165) is 5.56 Å². The molecule has 0 saturated carbocycles. The third-order valence-corrected chi connectivity index (χ3v) is 5.71. The van der Waals surface area contributed by atoms with Gasteiger partial charge in [0.25, 0.3) is 0 Å². The number of allylic oxidation sites excluding steroid dienone is 2. The summed E-state index contributed by atoms with van der Waals surface area (Å²) < 4.78 is 6.75. The Morgan fingerprint density at radius 2 is 1.73 bits per heavy atom. The van der Waals surface area contributed by atoms with Gasteiger partial charge in [0, 0.05) is 49.3 Å². The van der Waals surface area contributed by atoms with Crippen LogP contribution in [-0.4, -0.2) is 52.2 Å². The summed E-state index contributed by atoms with van der Waals surface area (Å²) >= 11 is 6.09. The highest BCUT2D eigenvalue weighted by molar-refractivity contribution is 6.30. The molecule has 0 bridgehead atoms. The second-order valence-electron chi connectivity index (χ2n) is 7.59. The summed E-state index contributed by atoms with van der Waals surface area (Å²) in [6.45, 7) is 5.65. The van der Waals surface area contributed by atoms with E-state index in [1.165, 1.54) is 18.7 Å². The Kier molecular flexibility index (Phi) is 6.24. The van der Waals surface area contributed by atoms with Gasteiger partial charge < -0.3 is 4.74 Å². The number of anilines is 1. The summed E-state index contributed by atoms with van der Waals surface area (Å²) in [5.74, 6) is -0.283. The minimum absolute atomic E-state index is 0.165. The van der Waals surface area contributed by atoms with E-state index in [-0.39, 0.29) is 24.3 Å². The van der Waals surface area contributed by atoms with Gasteiger partial charge in [0.15, 0.2) is 0 Å². The monoisotopic (exact) mass is 469 g/mol. The minimum Gasteiger partial charge on any atom is -0.449 e. The normalized spacial score (nSPS) is 15.6. The highest BCUT2D eigenvalue weighted by Gasteiger charge is 2.35. The van der Waals surface area contributed by atoms with Crippen LogP contribution in [-0.2, 0) is 14.3 Å². The zero-order chi connectivity index (χ0) is 23.7. The maximum Gasteiger partial charge on any atom is 0.417 e. The number of halogens is 1. The molecule has 2 aromatic rings. The zero-order valence-corrected chi connectivity index (χ0v) is 19.3. The molecular formula is C23H24ClN5O4. The maximum atomic E-state index is 12.5. The van der Waals surface area contributed by atoms with Crippen molar-refractivity contribution in [1.29, 1.82) is 0 Å². The third kappa shape index (κ3) is 4.23. The molecule has 10 heteroatoms. The first-order valence-corrected chi connectivity index (χ1v) is 11.0. The molecule has 0 unspecified atom stereocenters. The lowest BCUT2D eigenvalue weighted by atomic mass is 9.98. The first-order valence-electron chi connectivity index (χ1n) is 10.6. The number of rotatable bonds is 3. The van der Waals surface area contributed by atoms with Crippen LogP contribution in [0.3, 0.4) is 0 Å². The molecule has 33 heavy (non-hydrogen) atoms. The Bertz CT molecular complexity index is 1140. The number of aromatic nitrogens is 2. The molecule has 4 rings (SSSR count). The van der Waals surface area contributed by atoms with Crippen LogP contribution in [0.1, 0.15) is 32.4 Å². The van der Waals surface area contributed by atoms with Gasteiger partial charge in [0.05, 0.1) is 24.5 Å². The first kappa shape index (κ1) is 22.6. The van der Waals surface area contributed by atoms with Gasteiger partial charge in [-0.25, -0.2) is 19.5 Å². The number of fused-ring (bicyclic) bond motifs is 1. The summed E-state index contributed by atoms with van der Waals surface area (Å²) in [7, 11) is 0. The van der Waals surface area contributed by atoms with E-state index in [0.29, 0.717) is 35.4 Å². The SMILES string of the molecule is CCOC(=O)N1C=CC(c2c(-c3ccc(Cl)cc3)nc3n2N(C(C)=O)CCN3C(C)=O)C=C1. The number of hydrogen-bond donors (Lipinski definition) is 0. The van der Waals surface area contributed by atoms with E-state index in [9.17, 15) is 14.4 Å². The second kappa shape index (κ2) is 9.11. The van der Waals surface area contributed by atoms with Crippen LogP contribution in [0, 0.1) is 0 Å². The molecule has 0 atom stereocenters. The van der Waals surface area contributed by atoms with Crippen LogP contribution in [0.25, 0.3) is 11.3 Å².